The molecule has 4 nitrogen and oxygen atoms in total. The quantitative estimate of drug-likeness (QED) is 0.768. The fraction of sp³-hybridized carbons (Fsp3) is 0.562. The lowest BCUT2D eigenvalue weighted by Gasteiger charge is -2.19. The van der Waals surface area contributed by atoms with Gasteiger partial charge in [0.25, 0.3) is 0 Å². The van der Waals surface area contributed by atoms with E-state index in [0.717, 1.165) is 24.3 Å². The van der Waals surface area contributed by atoms with E-state index in [4.69, 9.17) is 10.5 Å². The molecule has 0 spiro atoms. The van der Waals surface area contributed by atoms with Gasteiger partial charge in [0, 0.05) is 11.6 Å². The number of nitrogens with two attached hydrogens (primary N) is 1. The highest BCUT2D eigenvalue weighted by molar-refractivity contribution is 5.76. The summed E-state index contributed by atoms with van der Waals surface area (Å²) in [6.45, 7) is 9.37. The Kier molecular flexibility index (Phi) is 6.52. The number of carbonyl (C=O) groups is 1. The zero-order valence-electron chi connectivity index (χ0n) is 12.9. The molecule has 1 aromatic rings. The van der Waals surface area contributed by atoms with Crippen LogP contribution in [-0.2, 0) is 4.79 Å². The Balaban J connectivity index is 2.81. The molecule has 0 aliphatic heterocycles. The molecule has 20 heavy (non-hydrogen) atoms. The van der Waals surface area contributed by atoms with Crippen LogP contribution in [0.5, 0.6) is 5.75 Å². The van der Waals surface area contributed by atoms with E-state index >= 15 is 0 Å². The fourth-order valence-electron chi connectivity index (χ4n) is 1.91. The van der Waals surface area contributed by atoms with Crippen LogP contribution in [0.3, 0.4) is 0 Å². The predicted octanol–water partition coefficient (Wildman–Crippen LogP) is 2.56. The lowest BCUT2D eigenvalue weighted by molar-refractivity contribution is -0.122. The monoisotopic (exact) mass is 278 g/mol. The van der Waals surface area contributed by atoms with Gasteiger partial charge in [-0.05, 0) is 32.9 Å². The first-order valence-corrected chi connectivity index (χ1v) is 7.21. The van der Waals surface area contributed by atoms with E-state index in [2.05, 4.69) is 32.2 Å². The van der Waals surface area contributed by atoms with Gasteiger partial charge in [0.1, 0.15) is 5.75 Å². The average molecular weight is 278 g/mol. The van der Waals surface area contributed by atoms with E-state index in [1.54, 1.807) is 6.92 Å². The number of primary amides is 1. The number of carbonyl (C=O) groups excluding carboxylic acids is 1. The molecule has 2 atom stereocenters. The summed E-state index contributed by atoms with van der Waals surface area (Å²) in [4.78, 5) is 11.1. The highest BCUT2D eigenvalue weighted by Crippen LogP contribution is 2.26. The first kappa shape index (κ1) is 16.5. The highest BCUT2D eigenvalue weighted by atomic mass is 16.5. The molecule has 0 bridgehead atoms. The van der Waals surface area contributed by atoms with Crippen LogP contribution >= 0.6 is 0 Å². The van der Waals surface area contributed by atoms with E-state index in [0.29, 0.717) is 6.61 Å². The average Bonchev–Trinajstić information content (AvgIpc) is 2.42. The van der Waals surface area contributed by atoms with Crippen molar-refractivity contribution in [2.75, 3.05) is 13.2 Å². The summed E-state index contributed by atoms with van der Waals surface area (Å²) < 4.78 is 5.78. The van der Waals surface area contributed by atoms with Gasteiger partial charge in [0.05, 0.1) is 12.5 Å². The van der Waals surface area contributed by atoms with Gasteiger partial charge in [-0.2, -0.15) is 0 Å². The minimum atomic E-state index is -0.337. The number of nitrogens with one attached hydrogen (secondary N) is 1. The number of hydrogen-bond acceptors (Lipinski definition) is 3. The largest absolute Gasteiger partial charge is 0.492 e. The van der Waals surface area contributed by atoms with Crippen molar-refractivity contribution in [1.82, 2.24) is 5.32 Å². The second-order valence-electron chi connectivity index (χ2n) is 5.33. The van der Waals surface area contributed by atoms with Gasteiger partial charge in [-0.1, -0.05) is 31.5 Å². The van der Waals surface area contributed by atoms with Gasteiger partial charge in [-0.3, -0.25) is 4.79 Å². The van der Waals surface area contributed by atoms with Crippen molar-refractivity contribution >= 4 is 5.91 Å². The second-order valence-corrected chi connectivity index (χ2v) is 5.33. The summed E-state index contributed by atoms with van der Waals surface area (Å²) in [5, 5.41) is 3.45. The molecule has 0 aromatic heterocycles. The first-order chi connectivity index (χ1) is 9.45. The zero-order chi connectivity index (χ0) is 15.1. The molecule has 1 rings (SSSR count). The number of rotatable bonds is 8. The number of ether oxygens (including phenoxy) is 1. The summed E-state index contributed by atoms with van der Waals surface area (Å²) >= 11 is 0. The lowest BCUT2D eigenvalue weighted by Crippen LogP contribution is -2.26. The summed E-state index contributed by atoms with van der Waals surface area (Å²) in [6, 6.07) is 6.31. The van der Waals surface area contributed by atoms with Gasteiger partial charge in [-0.15, -0.1) is 0 Å². The maximum absolute atomic E-state index is 11.1. The first-order valence-electron chi connectivity index (χ1n) is 7.21. The number of hydrogen-bond donors (Lipinski definition) is 2. The molecule has 1 amide bonds. The molecule has 3 N–H and O–H groups in total. The van der Waals surface area contributed by atoms with Crippen LogP contribution in [0.2, 0.25) is 0 Å². The molecule has 0 radical (unpaired) electrons. The molecule has 0 saturated heterocycles. The fourth-order valence-corrected chi connectivity index (χ4v) is 1.91. The summed E-state index contributed by atoms with van der Waals surface area (Å²) in [7, 11) is 0. The molecule has 0 fully saturated rings. The van der Waals surface area contributed by atoms with E-state index in [-0.39, 0.29) is 17.9 Å². The van der Waals surface area contributed by atoms with Crippen LogP contribution in [0.4, 0.5) is 0 Å². The van der Waals surface area contributed by atoms with Crippen LogP contribution in [0.15, 0.2) is 18.2 Å². The molecular formula is C16H26N2O2. The van der Waals surface area contributed by atoms with Gasteiger partial charge in [0.2, 0.25) is 5.91 Å². The van der Waals surface area contributed by atoms with E-state index in [9.17, 15) is 4.79 Å². The van der Waals surface area contributed by atoms with Crippen molar-refractivity contribution in [3.8, 4) is 5.75 Å². The SMILES string of the molecule is CCCNC(C)c1cc(C)ccc1OCC(C)C(N)=O. The summed E-state index contributed by atoms with van der Waals surface area (Å²) in [5.41, 5.74) is 7.57. The number of benzene rings is 1. The van der Waals surface area contributed by atoms with Crippen LogP contribution in [0.1, 0.15) is 44.4 Å². The van der Waals surface area contributed by atoms with Gasteiger partial charge in [-0.25, -0.2) is 0 Å². The normalized spacial score (nSPS) is 13.8. The standard InChI is InChI=1S/C16H26N2O2/c1-5-8-18-13(4)14-9-11(2)6-7-15(14)20-10-12(3)16(17)19/h6-7,9,12-13,18H,5,8,10H2,1-4H3,(H2,17,19). The molecule has 4 heteroatoms. The van der Waals surface area contributed by atoms with Crippen molar-refractivity contribution < 1.29 is 9.53 Å². The van der Waals surface area contributed by atoms with E-state index in [1.165, 1.54) is 5.56 Å². The van der Waals surface area contributed by atoms with Crippen molar-refractivity contribution in [2.45, 2.75) is 40.2 Å². The molecule has 112 valence electrons. The number of amides is 1. The summed E-state index contributed by atoms with van der Waals surface area (Å²) in [6.07, 6.45) is 1.09. The Hall–Kier alpha value is -1.55. The molecular weight excluding hydrogens is 252 g/mol. The minimum Gasteiger partial charge on any atom is -0.492 e. The van der Waals surface area contributed by atoms with Crippen molar-refractivity contribution in [3.05, 3.63) is 29.3 Å². The minimum absolute atomic E-state index is 0.216. The van der Waals surface area contributed by atoms with Crippen LogP contribution in [0.25, 0.3) is 0 Å². The maximum Gasteiger partial charge on any atom is 0.223 e. The molecule has 0 aliphatic rings. The third-order valence-electron chi connectivity index (χ3n) is 3.31. The number of aryl methyl sites for hydroxylation is 1. The third kappa shape index (κ3) is 4.85. The Morgan fingerprint density at radius 2 is 2.10 bits per heavy atom. The zero-order valence-corrected chi connectivity index (χ0v) is 12.9. The summed E-state index contributed by atoms with van der Waals surface area (Å²) in [5.74, 6) is 0.193. The lowest BCUT2D eigenvalue weighted by atomic mass is 10.0. The van der Waals surface area contributed by atoms with E-state index < -0.39 is 0 Å². The molecule has 0 saturated carbocycles. The van der Waals surface area contributed by atoms with Crippen LogP contribution in [0, 0.1) is 12.8 Å². The van der Waals surface area contributed by atoms with Crippen molar-refractivity contribution in [3.63, 3.8) is 0 Å². The molecule has 0 heterocycles. The van der Waals surface area contributed by atoms with E-state index in [1.807, 2.05) is 12.1 Å². The van der Waals surface area contributed by atoms with Crippen molar-refractivity contribution in [1.29, 1.82) is 0 Å². The Bertz CT molecular complexity index is 446. The van der Waals surface area contributed by atoms with Gasteiger partial charge in [0.15, 0.2) is 0 Å². The van der Waals surface area contributed by atoms with Gasteiger partial charge < -0.3 is 15.8 Å². The second kappa shape index (κ2) is 7.90. The third-order valence-corrected chi connectivity index (χ3v) is 3.31. The molecule has 1 aromatic carbocycles. The van der Waals surface area contributed by atoms with Crippen LogP contribution in [-0.4, -0.2) is 19.1 Å². The Morgan fingerprint density at radius 3 is 2.70 bits per heavy atom. The molecule has 0 aliphatic carbocycles. The van der Waals surface area contributed by atoms with Gasteiger partial charge >= 0.3 is 0 Å². The highest BCUT2D eigenvalue weighted by Gasteiger charge is 2.14. The Morgan fingerprint density at radius 1 is 1.40 bits per heavy atom. The maximum atomic E-state index is 11.1. The topological polar surface area (TPSA) is 64.3 Å². The Labute approximate surface area is 121 Å². The van der Waals surface area contributed by atoms with Crippen LogP contribution < -0.4 is 15.8 Å². The molecule has 2 unspecified atom stereocenters. The van der Waals surface area contributed by atoms with Crippen molar-refractivity contribution in [2.24, 2.45) is 11.7 Å². The predicted molar refractivity (Wildman–Crippen MR) is 81.7 cm³/mol. The smallest absolute Gasteiger partial charge is 0.223 e.